The molecule has 2 unspecified atom stereocenters. The summed E-state index contributed by atoms with van der Waals surface area (Å²) in [6.45, 7) is 4.57. The molecule has 0 radical (unpaired) electrons. The molecule has 1 aliphatic heterocycles. The second-order valence-electron chi connectivity index (χ2n) is 4.16. The van der Waals surface area contributed by atoms with Crippen LogP contribution in [-0.2, 0) is 9.53 Å². The number of hydrogen-bond donors (Lipinski definition) is 1. The zero-order chi connectivity index (χ0) is 12.0. The summed E-state index contributed by atoms with van der Waals surface area (Å²) in [5.74, 6) is -0.114. The van der Waals surface area contributed by atoms with Crippen LogP contribution in [0.1, 0.15) is 19.8 Å². The number of halogens is 1. The topological polar surface area (TPSA) is 49.8 Å². The second kappa shape index (κ2) is 7.25. The molecule has 1 saturated heterocycles. The van der Waals surface area contributed by atoms with E-state index in [9.17, 15) is 9.90 Å². The number of β-amino-alcohol motifs (C(OH)–C–C–N with tert-alkyl or cyclic N) is 1. The van der Waals surface area contributed by atoms with Crippen molar-refractivity contribution in [1.82, 2.24) is 4.90 Å². The largest absolute Gasteiger partial charge is 0.466 e. The van der Waals surface area contributed by atoms with Gasteiger partial charge in [-0.1, -0.05) is 15.9 Å². The molecule has 0 aliphatic carbocycles. The normalized spacial score (nSPS) is 24.1. The molecule has 1 rings (SSSR count). The van der Waals surface area contributed by atoms with E-state index in [-0.39, 0.29) is 18.0 Å². The summed E-state index contributed by atoms with van der Waals surface area (Å²) in [7, 11) is 0. The summed E-state index contributed by atoms with van der Waals surface area (Å²) in [5.41, 5.74) is 0. The smallest absolute Gasteiger partial charge is 0.310 e. The van der Waals surface area contributed by atoms with Gasteiger partial charge in [-0.25, -0.2) is 0 Å². The van der Waals surface area contributed by atoms with Crippen molar-refractivity contribution in [2.75, 3.05) is 31.6 Å². The summed E-state index contributed by atoms with van der Waals surface area (Å²) in [6.07, 6.45) is 1.54. The lowest BCUT2D eigenvalue weighted by atomic mass is 9.98. The molecule has 0 spiro atoms. The van der Waals surface area contributed by atoms with Crippen LogP contribution in [0.3, 0.4) is 0 Å². The first-order valence-electron chi connectivity index (χ1n) is 5.80. The van der Waals surface area contributed by atoms with Gasteiger partial charge in [-0.05, 0) is 26.3 Å². The minimum atomic E-state index is -0.360. The molecule has 0 aromatic rings. The monoisotopic (exact) mass is 293 g/mol. The second-order valence-corrected chi connectivity index (χ2v) is 4.81. The number of likely N-dealkylation sites (tertiary alicyclic amines) is 1. The van der Waals surface area contributed by atoms with Crippen LogP contribution in [0.15, 0.2) is 0 Å². The molecule has 1 N–H and O–H groups in total. The first kappa shape index (κ1) is 13.9. The Morgan fingerprint density at radius 2 is 2.44 bits per heavy atom. The van der Waals surface area contributed by atoms with E-state index in [2.05, 4.69) is 20.8 Å². The number of carbonyl (C=O) groups is 1. The number of rotatable bonds is 5. The molecule has 0 saturated carbocycles. The Labute approximate surface area is 105 Å². The predicted molar refractivity (Wildman–Crippen MR) is 65.6 cm³/mol. The molecular weight excluding hydrogens is 274 g/mol. The fourth-order valence-corrected chi connectivity index (χ4v) is 2.23. The van der Waals surface area contributed by atoms with Crippen molar-refractivity contribution in [2.24, 2.45) is 5.92 Å². The van der Waals surface area contributed by atoms with Crippen LogP contribution in [0, 0.1) is 5.92 Å². The molecule has 1 fully saturated rings. The highest BCUT2D eigenvalue weighted by atomic mass is 79.9. The highest BCUT2D eigenvalue weighted by Gasteiger charge is 2.27. The third kappa shape index (κ3) is 4.39. The number of aliphatic hydroxyl groups excluding tert-OH is 1. The standard InChI is InChI=1S/C11H20BrNO3/c1-2-16-11(15)9-4-3-5-13(7-9)8-10(14)6-12/h9-10,14H,2-8H2,1H3. The van der Waals surface area contributed by atoms with Crippen molar-refractivity contribution in [3.05, 3.63) is 0 Å². The lowest BCUT2D eigenvalue weighted by molar-refractivity contribution is -0.150. The SMILES string of the molecule is CCOC(=O)C1CCCN(CC(O)CBr)C1. The molecule has 1 aliphatic rings. The van der Waals surface area contributed by atoms with Gasteiger partial charge in [0.15, 0.2) is 0 Å². The van der Waals surface area contributed by atoms with Crippen molar-refractivity contribution < 1.29 is 14.6 Å². The number of alkyl halides is 1. The Balaban J connectivity index is 2.37. The summed E-state index contributed by atoms with van der Waals surface area (Å²) >= 11 is 3.24. The van der Waals surface area contributed by atoms with Crippen LogP contribution in [-0.4, -0.2) is 53.7 Å². The average Bonchev–Trinajstić information content (AvgIpc) is 2.29. The first-order chi connectivity index (χ1) is 7.67. The summed E-state index contributed by atoms with van der Waals surface area (Å²) < 4.78 is 5.02. The van der Waals surface area contributed by atoms with Gasteiger partial charge in [0.2, 0.25) is 0 Å². The van der Waals surface area contributed by atoms with Crippen molar-refractivity contribution in [2.45, 2.75) is 25.9 Å². The molecule has 0 bridgehead atoms. The molecule has 0 aromatic carbocycles. The lowest BCUT2D eigenvalue weighted by Crippen LogP contribution is -2.43. The predicted octanol–water partition coefficient (Wildman–Crippen LogP) is 1.02. The molecule has 1 heterocycles. The van der Waals surface area contributed by atoms with Gasteiger partial charge in [-0.2, -0.15) is 0 Å². The fourth-order valence-electron chi connectivity index (χ4n) is 2.02. The lowest BCUT2D eigenvalue weighted by Gasteiger charge is -2.32. The quantitative estimate of drug-likeness (QED) is 0.607. The molecule has 5 heteroatoms. The van der Waals surface area contributed by atoms with Gasteiger partial charge in [0.05, 0.1) is 18.6 Å². The third-order valence-electron chi connectivity index (χ3n) is 2.77. The van der Waals surface area contributed by atoms with Crippen LogP contribution in [0.4, 0.5) is 0 Å². The third-order valence-corrected chi connectivity index (χ3v) is 3.52. The van der Waals surface area contributed by atoms with E-state index in [0.717, 1.165) is 19.4 Å². The Morgan fingerprint density at radius 3 is 3.06 bits per heavy atom. The maximum Gasteiger partial charge on any atom is 0.310 e. The number of esters is 1. The minimum Gasteiger partial charge on any atom is -0.466 e. The molecule has 94 valence electrons. The summed E-state index contributed by atoms with van der Waals surface area (Å²) in [5, 5.41) is 10.1. The van der Waals surface area contributed by atoms with Crippen LogP contribution >= 0.6 is 15.9 Å². The van der Waals surface area contributed by atoms with E-state index in [4.69, 9.17) is 4.74 Å². The van der Waals surface area contributed by atoms with Gasteiger partial charge in [0.25, 0.3) is 0 Å². The molecule has 0 amide bonds. The maximum atomic E-state index is 11.6. The van der Waals surface area contributed by atoms with Gasteiger partial charge in [-0.15, -0.1) is 0 Å². The zero-order valence-corrected chi connectivity index (χ0v) is 11.3. The fraction of sp³-hybridized carbons (Fsp3) is 0.909. The minimum absolute atomic E-state index is 0.0174. The van der Waals surface area contributed by atoms with Gasteiger partial charge >= 0.3 is 5.97 Å². The van der Waals surface area contributed by atoms with E-state index in [1.165, 1.54) is 0 Å². The number of nitrogens with zero attached hydrogens (tertiary/aromatic N) is 1. The molecule has 2 atom stereocenters. The maximum absolute atomic E-state index is 11.6. The number of hydrogen-bond acceptors (Lipinski definition) is 4. The number of ether oxygens (including phenoxy) is 1. The van der Waals surface area contributed by atoms with Crippen molar-refractivity contribution in [3.63, 3.8) is 0 Å². The van der Waals surface area contributed by atoms with Crippen LogP contribution in [0.5, 0.6) is 0 Å². The van der Waals surface area contributed by atoms with Gasteiger partial charge in [0.1, 0.15) is 0 Å². The Hall–Kier alpha value is -0.130. The Morgan fingerprint density at radius 1 is 1.69 bits per heavy atom. The van der Waals surface area contributed by atoms with Crippen molar-refractivity contribution in [1.29, 1.82) is 0 Å². The number of carbonyl (C=O) groups excluding carboxylic acids is 1. The zero-order valence-electron chi connectivity index (χ0n) is 9.69. The first-order valence-corrected chi connectivity index (χ1v) is 6.92. The molecular formula is C11H20BrNO3. The van der Waals surface area contributed by atoms with Crippen LogP contribution < -0.4 is 0 Å². The van der Waals surface area contributed by atoms with E-state index in [1.807, 2.05) is 6.92 Å². The average molecular weight is 294 g/mol. The Bertz CT molecular complexity index is 225. The van der Waals surface area contributed by atoms with E-state index in [1.54, 1.807) is 0 Å². The number of piperidine rings is 1. The highest BCUT2D eigenvalue weighted by Crippen LogP contribution is 2.18. The van der Waals surface area contributed by atoms with E-state index in [0.29, 0.717) is 25.0 Å². The molecule has 16 heavy (non-hydrogen) atoms. The van der Waals surface area contributed by atoms with E-state index >= 15 is 0 Å². The van der Waals surface area contributed by atoms with Gasteiger partial charge < -0.3 is 9.84 Å². The molecule has 0 aromatic heterocycles. The highest BCUT2D eigenvalue weighted by molar-refractivity contribution is 9.09. The summed E-state index contributed by atoms with van der Waals surface area (Å²) in [4.78, 5) is 13.7. The van der Waals surface area contributed by atoms with Crippen molar-refractivity contribution in [3.8, 4) is 0 Å². The van der Waals surface area contributed by atoms with Gasteiger partial charge in [0, 0.05) is 18.4 Å². The van der Waals surface area contributed by atoms with Crippen LogP contribution in [0.25, 0.3) is 0 Å². The van der Waals surface area contributed by atoms with Crippen molar-refractivity contribution >= 4 is 21.9 Å². The van der Waals surface area contributed by atoms with Gasteiger partial charge in [-0.3, -0.25) is 9.69 Å². The molecule has 4 nitrogen and oxygen atoms in total. The van der Waals surface area contributed by atoms with Crippen LogP contribution in [0.2, 0.25) is 0 Å². The summed E-state index contributed by atoms with van der Waals surface area (Å²) in [6, 6.07) is 0. The Kier molecular flexibility index (Phi) is 6.31. The number of aliphatic hydroxyl groups is 1. The van der Waals surface area contributed by atoms with E-state index < -0.39 is 0 Å².